The van der Waals surface area contributed by atoms with Crippen LogP contribution in [-0.2, 0) is 4.74 Å². The summed E-state index contributed by atoms with van der Waals surface area (Å²) < 4.78 is 5.45. The van der Waals surface area contributed by atoms with Gasteiger partial charge in [0.15, 0.2) is 0 Å². The molecule has 0 atom stereocenters. The van der Waals surface area contributed by atoms with Gasteiger partial charge in [0.1, 0.15) is 5.69 Å². The number of hydrogen-bond acceptors (Lipinski definition) is 5. The SMILES string of the molecule is Cc1cccc(NC(=O)c2ccc(Nc3ccccc3N3CCOCC3)cn2)c1. The minimum Gasteiger partial charge on any atom is -0.378 e. The Balaban J connectivity index is 1.45. The van der Waals surface area contributed by atoms with Crippen molar-refractivity contribution < 1.29 is 9.53 Å². The first-order valence-corrected chi connectivity index (χ1v) is 9.72. The number of hydrogen-bond donors (Lipinski definition) is 2. The fourth-order valence-corrected chi connectivity index (χ4v) is 3.33. The van der Waals surface area contributed by atoms with Crippen molar-refractivity contribution in [3.8, 4) is 0 Å². The first-order valence-electron chi connectivity index (χ1n) is 9.72. The summed E-state index contributed by atoms with van der Waals surface area (Å²) >= 11 is 0. The molecule has 4 rings (SSSR count). The van der Waals surface area contributed by atoms with Crippen molar-refractivity contribution in [2.24, 2.45) is 0 Å². The molecule has 2 aromatic carbocycles. The molecule has 1 aliphatic heterocycles. The van der Waals surface area contributed by atoms with Crippen LogP contribution in [0.15, 0.2) is 66.9 Å². The zero-order chi connectivity index (χ0) is 20.1. The summed E-state index contributed by atoms with van der Waals surface area (Å²) in [6, 6.07) is 19.5. The molecule has 1 aliphatic rings. The molecule has 2 heterocycles. The van der Waals surface area contributed by atoms with Crippen LogP contribution in [0.25, 0.3) is 0 Å². The smallest absolute Gasteiger partial charge is 0.274 e. The summed E-state index contributed by atoms with van der Waals surface area (Å²) in [6.45, 7) is 5.20. The summed E-state index contributed by atoms with van der Waals surface area (Å²) in [5, 5.41) is 6.30. The van der Waals surface area contributed by atoms with E-state index in [4.69, 9.17) is 4.74 Å². The number of morpholine rings is 1. The third kappa shape index (κ3) is 4.73. The van der Waals surface area contributed by atoms with Crippen LogP contribution in [0.1, 0.15) is 16.1 Å². The molecular weight excluding hydrogens is 364 g/mol. The number of aromatic nitrogens is 1. The van der Waals surface area contributed by atoms with E-state index in [1.54, 1.807) is 12.3 Å². The van der Waals surface area contributed by atoms with Gasteiger partial charge in [0.05, 0.1) is 36.5 Å². The maximum atomic E-state index is 12.4. The van der Waals surface area contributed by atoms with Gasteiger partial charge in [-0.3, -0.25) is 4.79 Å². The first kappa shape index (κ1) is 19.0. The van der Waals surface area contributed by atoms with E-state index in [9.17, 15) is 4.79 Å². The Morgan fingerprint density at radius 3 is 2.59 bits per heavy atom. The second kappa shape index (κ2) is 8.75. The van der Waals surface area contributed by atoms with E-state index in [2.05, 4.69) is 26.6 Å². The van der Waals surface area contributed by atoms with Crippen molar-refractivity contribution in [2.75, 3.05) is 41.8 Å². The number of ether oxygens (including phenoxy) is 1. The molecule has 2 N–H and O–H groups in total. The van der Waals surface area contributed by atoms with Crippen molar-refractivity contribution >= 4 is 28.7 Å². The van der Waals surface area contributed by atoms with Gasteiger partial charge in [-0.15, -0.1) is 0 Å². The van der Waals surface area contributed by atoms with E-state index in [1.807, 2.05) is 55.5 Å². The van der Waals surface area contributed by atoms with Crippen molar-refractivity contribution in [3.63, 3.8) is 0 Å². The van der Waals surface area contributed by atoms with Crippen molar-refractivity contribution in [2.45, 2.75) is 6.92 Å². The summed E-state index contributed by atoms with van der Waals surface area (Å²) in [5.41, 5.74) is 5.20. The molecule has 148 valence electrons. The molecule has 1 amide bonds. The van der Waals surface area contributed by atoms with Crippen LogP contribution in [0.4, 0.5) is 22.7 Å². The summed E-state index contributed by atoms with van der Waals surface area (Å²) in [6.07, 6.45) is 1.68. The lowest BCUT2D eigenvalue weighted by molar-refractivity contribution is 0.102. The van der Waals surface area contributed by atoms with E-state index in [0.29, 0.717) is 5.69 Å². The van der Waals surface area contributed by atoms with Gasteiger partial charge >= 0.3 is 0 Å². The highest BCUT2D eigenvalue weighted by Gasteiger charge is 2.15. The van der Waals surface area contributed by atoms with Crippen LogP contribution in [-0.4, -0.2) is 37.2 Å². The Kier molecular flexibility index (Phi) is 5.72. The predicted molar refractivity (Wildman–Crippen MR) is 116 cm³/mol. The quantitative estimate of drug-likeness (QED) is 0.685. The minimum atomic E-state index is -0.226. The lowest BCUT2D eigenvalue weighted by Gasteiger charge is -2.30. The van der Waals surface area contributed by atoms with Crippen LogP contribution >= 0.6 is 0 Å². The van der Waals surface area contributed by atoms with Gasteiger partial charge in [-0.1, -0.05) is 24.3 Å². The monoisotopic (exact) mass is 388 g/mol. The number of carbonyl (C=O) groups excluding carboxylic acids is 1. The van der Waals surface area contributed by atoms with Gasteiger partial charge in [0, 0.05) is 18.8 Å². The average molecular weight is 388 g/mol. The second-order valence-electron chi connectivity index (χ2n) is 7.00. The van der Waals surface area contributed by atoms with Crippen LogP contribution in [0, 0.1) is 6.92 Å². The number of carbonyl (C=O) groups is 1. The fraction of sp³-hybridized carbons (Fsp3) is 0.217. The zero-order valence-electron chi connectivity index (χ0n) is 16.4. The molecule has 29 heavy (non-hydrogen) atoms. The minimum absolute atomic E-state index is 0.226. The lowest BCUT2D eigenvalue weighted by atomic mass is 10.2. The normalized spacial score (nSPS) is 13.8. The molecule has 1 saturated heterocycles. The summed E-state index contributed by atoms with van der Waals surface area (Å²) in [5.74, 6) is -0.226. The highest BCUT2D eigenvalue weighted by Crippen LogP contribution is 2.29. The predicted octanol–water partition coefficient (Wildman–Crippen LogP) is 4.22. The number of para-hydroxylation sites is 2. The number of rotatable bonds is 5. The van der Waals surface area contributed by atoms with Crippen molar-refractivity contribution in [1.29, 1.82) is 0 Å². The molecule has 0 spiro atoms. The number of anilines is 4. The first-order chi connectivity index (χ1) is 14.2. The van der Waals surface area contributed by atoms with Crippen molar-refractivity contribution in [1.82, 2.24) is 4.98 Å². The number of nitrogens with zero attached hydrogens (tertiary/aromatic N) is 2. The number of aryl methyl sites for hydroxylation is 1. The van der Waals surface area contributed by atoms with E-state index < -0.39 is 0 Å². The molecule has 0 unspecified atom stereocenters. The van der Waals surface area contributed by atoms with Gasteiger partial charge in [0.2, 0.25) is 0 Å². The van der Waals surface area contributed by atoms with Gasteiger partial charge in [-0.2, -0.15) is 0 Å². The Morgan fingerprint density at radius 1 is 1.00 bits per heavy atom. The largest absolute Gasteiger partial charge is 0.378 e. The standard InChI is InChI=1S/C23H24N4O2/c1-17-5-4-6-18(15-17)26-23(28)21-10-9-19(16-24-21)25-20-7-2-3-8-22(20)27-11-13-29-14-12-27/h2-10,15-16,25H,11-14H2,1H3,(H,26,28). The highest BCUT2D eigenvalue weighted by molar-refractivity contribution is 6.03. The topological polar surface area (TPSA) is 66.5 Å². The molecule has 0 saturated carbocycles. The third-order valence-electron chi connectivity index (χ3n) is 4.81. The van der Waals surface area contributed by atoms with Crippen LogP contribution in [0.5, 0.6) is 0 Å². The van der Waals surface area contributed by atoms with Gasteiger partial charge in [-0.25, -0.2) is 4.98 Å². The Morgan fingerprint density at radius 2 is 1.83 bits per heavy atom. The Hall–Kier alpha value is -3.38. The van der Waals surface area contributed by atoms with Gasteiger partial charge in [0.25, 0.3) is 5.91 Å². The molecule has 0 aliphatic carbocycles. The molecule has 6 nitrogen and oxygen atoms in total. The number of amides is 1. The van der Waals surface area contributed by atoms with E-state index in [1.165, 1.54) is 0 Å². The highest BCUT2D eigenvalue weighted by atomic mass is 16.5. The average Bonchev–Trinajstić information content (AvgIpc) is 2.75. The number of nitrogens with one attached hydrogen (secondary N) is 2. The van der Waals surface area contributed by atoms with Crippen LogP contribution in [0.2, 0.25) is 0 Å². The molecular formula is C23H24N4O2. The van der Waals surface area contributed by atoms with E-state index in [-0.39, 0.29) is 5.91 Å². The molecule has 0 bridgehead atoms. The molecule has 6 heteroatoms. The summed E-state index contributed by atoms with van der Waals surface area (Å²) in [4.78, 5) is 19.1. The number of benzene rings is 2. The van der Waals surface area contributed by atoms with Gasteiger partial charge in [-0.05, 0) is 48.9 Å². The molecule has 1 fully saturated rings. The zero-order valence-corrected chi connectivity index (χ0v) is 16.4. The maximum Gasteiger partial charge on any atom is 0.274 e. The van der Waals surface area contributed by atoms with Crippen LogP contribution < -0.4 is 15.5 Å². The molecule has 1 aromatic heterocycles. The molecule has 0 radical (unpaired) electrons. The fourth-order valence-electron chi connectivity index (χ4n) is 3.33. The summed E-state index contributed by atoms with van der Waals surface area (Å²) in [7, 11) is 0. The Labute approximate surface area is 170 Å². The van der Waals surface area contributed by atoms with E-state index >= 15 is 0 Å². The number of pyridine rings is 1. The van der Waals surface area contributed by atoms with Crippen molar-refractivity contribution in [3.05, 3.63) is 78.1 Å². The van der Waals surface area contributed by atoms with Gasteiger partial charge < -0.3 is 20.3 Å². The second-order valence-corrected chi connectivity index (χ2v) is 7.00. The van der Waals surface area contributed by atoms with Crippen LogP contribution in [0.3, 0.4) is 0 Å². The lowest BCUT2D eigenvalue weighted by Crippen LogP contribution is -2.36. The van der Waals surface area contributed by atoms with E-state index in [0.717, 1.165) is 54.6 Å². The Bertz CT molecular complexity index is 982. The maximum absolute atomic E-state index is 12.4. The molecule has 3 aromatic rings. The third-order valence-corrected chi connectivity index (χ3v) is 4.81.